The summed E-state index contributed by atoms with van der Waals surface area (Å²) in [5.41, 5.74) is 2.26. The molecule has 25 heavy (non-hydrogen) atoms. The van der Waals surface area contributed by atoms with Crippen LogP contribution in [-0.4, -0.2) is 29.3 Å². The second kappa shape index (κ2) is 8.78. The number of benzene rings is 2. The molecule has 1 atom stereocenters. The molecule has 0 radical (unpaired) electrons. The molecule has 0 bridgehead atoms. The fourth-order valence-corrected chi connectivity index (χ4v) is 2.36. The van der Waals surface area contributed by atoms with Crippen molar-refractivity contribution in [1.29, 1.82) is 0 Å². The van der Waals surface area contributed by atoms with Gasteiger partial charge in [-0.25, -0.2) is 0 Å². The number of hydrogen-bond donors (Lipinski definition) is 2. The van der Waals surface area contributed by atoms with Crippen LogP contribution in [0.25, 0.3) is 0 Å². The van der Waals surface area contributed by atoms with Gasteiger partial charge in [-0.3, -0.25) is 14.4 Å². The van der Waals surface area contributed by atoms with Gasteiger partial charge in [0.1, 0.15) is 0 Å². The molecule has 0 spiro atoms. The van der Waals surface area contributed by atoms with Gasteiger partial charge in [-0.15, -0.1) is 0 Å². The van der Waals surface area contributed by atoms with E-state index in [4.69, 9.17) is 5.11 Å². The van der Waals surface area contributed by atoms with E-state index in [1.807, 2.05) is 30.3 Å². The molecule has 0 saturated heterocycles. The van der Waals surface area contributed by atoms with Crippen LogP contribution in [-0.2, 0) is 16.0 Å². The Labute approximate surface area is 146 Å². The summed E-state index contributed by atoms with van der Waals surface area (Å²) in [6.07, 6.45) is 0.590. The van der Waals surface area contributed by atoms with Gasteiger partial charge in [-0.05, 0) is 12.0 Å². The zero-order valence-corrected chi connectivity index (χ0v) is 14.1. The van der Waals surface area contributed by atoms with Gasteiger partial charge in [0.2, 0.25) is 5.91 Å². The fraction of sp³-hybridized carbons (Fsp3) is 0.250. The van der Waals surface area contributed by atoms with Gasteiger partial charge in [-0.2, -0.15) is 0 Å². The number of nitrogens with one attached hydrogen (secondary N) is 1. The predicted octanol–water partition coefficient (Wildman–Crippen LogP) is 2.69. The van der Waals surface area contributed by atoms with Gasteiger partial charge in [0.25, 0.3) is 0 Å². The lowest BCUT2D eigenvalue weighted by Crippen LogP contribution is -2.28. The first kappa shape index (κ1) is 18.4. The van der Waals surface area contributed by atoms with E-state index in [-0.39, 0.29) is 18.1 Å². The summed E-state index contributed by atoms with van der Waals surface area (Å²) in [5.74, 6) is -1.97. The zero-order chi connectivity index (χ0) is 18.2. The van der Waals surface area contributed by atoms with Gasteiger partial charge >= 0.3 is 5.97 Å². The summed E-state index contributed by atoms with van der Waals surface area (Å²) in [4.78, 5) is 34.7. The van der Waals surface area contributed by atoms with Crippen LogP contribution >= 0.6 is 0 Å². The van der Waals surface area contributed by atoms with Crippen LogP contribution in [0.2, 0.25) is 0 Å². The monoisotopic (exact) mass is 339 g/mol. The molecular weight excluding hydrogens is 318 g/mol. The third kappa shape index (κ3) is 5.57. The molecule has 2 aromatic carbocycles. The van der Waals surface area contributed by atoms with Crippen LogP contribution in [0.15, 0.2) is 54.6 Å². The molecule has 2 N–H and O–H groups in total. The van der Waals surface area contributed by atoms with Crippen molar-refractivity contribution in [3.8, 4) is 0 Å². The Morgan fingerprint density at radius 2 is 1.56 bits per heavy atom. The van der Waals surface area contributed by atoms with E-state index in [1.165, 1.54) is 6.92 Å². The molecule has 2 aromatic rings. The summed E-state index contributed by atoms with van der Waals surface area (Å²) < 4.78 is 0. The SMILES string of the molecule is CC(CC(=O)NCCc1ccc(C(=O)c2ccccc2)cc1)C(=O)O. The molecule has 0 fully saturated rings. The number of carbonyl (C=O) groups excluding carboxylic acids is 2. The van der Waals surface area contributed by atoms with Crippen LogP contribution in [0, 0.1) is 5.92 Å². The maximum Gasteiger partial charge on any atom is 0.306 e. The third-order valence-corrected chi connectivity index (χ3v) is 3.90. The Kier molecular flexibility index (Phi) is 6.46. The van der Waals surface area contributed by atoms with Gasteiger partial charge in [0.15, 0.2) is 5.78 Å². The molecule has 0 saturated carbocycles. The number of carboxylic acid groups (broad SMARTS) is 1. The smallest absolute Gasteiger partial charge is 0.306 e. The maximum atomic E-state index is 12.3. The number of aliphatic carboxylic acids is 1. The topological polar surface area (TPSA) is 83.5 Å². The molecule has 0 aliphatic carbocycles. The minimum absolute atomic E-state index is 0.0249. The highest BCUT2D eigenvalue weighted by Gasteiger charge is 2.15. The zero-order valence-electron chi connectivity index (χ0n) is 14.1. The van der Waals surface area contributed by atoms with E-state index in [1.54, 1.807) is 24.3 Å². The van der Waals surface area contributed by atoms with Gasteiger partial charge in [0.05, 0.1) is 5.92 Å². The molecule has 0 aliphatic rings. The second-order valence-corrected chi connectivity index (χ2v) is 5.94. The number of rotatable bonds is 8. The molecule has 5 nitrogen and oxygen atoms in total. The molecule has 0 aromatic heterocycles. The van der Waals surface area contributed by atoms with E-state index in [2.05, 4.69) is 5.32 Å². The van der Waals surface area contributed by atoms with Crippen molar-refractivity contribution in [3.63, 3.8) is 0 Å². The van der Waals surface area contributed by atoms with Crippen molar-refractivity contribution in [3.05, 3.63) is 71.3 Å². The van der Waals surface area contributed by atoms with Crippen molar-refractivity contribution < 1.29 is 19.5 Å². The Balaban J connectivity index is 1.84. The standard InChI is InChI=1S/C20H21NO4/c1-14(20(24)25)13-18(22)21-12-11-15-7-9-17(10-8-15)19(23)16-5-3-2-4-6-16/h2-10,14H,11-13H2,1H3,(H,21,22)(H,24,25). The molecule has 1 amide bonds. The summed E-state index contributed by atoms with van der Waals surface area (Å²) >= 11 is 0. The maximum absolute atomic E-state index is 12.3. The first-order chi connectivity index (χ1) is 12.0. The van der Waals surface area contributed by atoms with Crippen LogP contribution in [0.3, 0.4) is 0 Å². The number of hydrogen-bond acceptors (Lipinski definition) is 3. The number of ketones is 1. The van der Waals surface area contributed by atoms with Gasteiger partial charge in [-0.1, -0.05) is 61.5 Å². The molecule has 0 aliphatic heterocycles. The van der Waals surface area contributed by atoms with E-state index < -0.39 is 11.9 Å². The molecular formula is C20H21NO4. The summed E-state index contributed by atoms with van der Waals surface area (Å²) in [7, 11) is 0. The quantitative estimate of drug-likeness (QED) is 0.724. The fourth-order valence-electron chi connectivity index (χ4n) is 2.36. The number of amides is 1. The lowest BCUT2D eigenvalue weighted by molar-refractivity contribution is -0.143. The largest absolute Gasteiger partial charge is 0.481 e. The average molecular weight is 339 g/mol. The van der Waals surface area contributed by atoms with Crippen molar-refractivity contribution in [1.82, 2.24) is 5.32 Å². The lowest BCUT2D eigenvalue weighted by Gasteiger charge is -2.08. The average Bonchev–Trinajstić information content (AvgIpc) is 2.62. The highest BCUT2D eigenvalue weighted by Crippen LogP contribution is 2.11. The Hall–Kier alpha value is -2.95. The van der Waals surface area contributed by atoms with Crippen LogP contribution < -0.4 is 5.32 Å². The molecule has 2 rings (SSSR count). The Bertz CT molecular complexity index is 738. The minimum atomic E-state index is -0.978. The van der Waals surface area contributed by atoms with E-state index >= 15 is 0 Å². The molecule has 1 unspecified atom stereocenters. The summed E-state index contributed by atoms with van der Waals surface area (Å²) in [6, 6.07) is 16.4. The lowest BCUT2D eigenvalue weighted by atomic mass is 10.0. The van der Waals surface area contributed by atoms with Crippen LogP contribution in [0.1, 0.15) is 34.8 Å². The minimum Gasteiger partial charge on any atom is -0.481 e. The first-order valence-electron chi connectivity index (χ1n) is 8.15. The highest BCUT2D eigenvalue weighted by molar-refractivity contribution is 6.08. The van der Waals surface area contributed by atoms with Crippen molar-refractivity contribution in [2.75, 3.05) is 6.54 Å². The van der Waals surface area contributed by atoms with E-state index in [0.717, 1.165) is 5.56 Å². The van der Waals surface area contributed by atoms with Crippen molar-refractivity contribution in [2.24, 2.45) is 5.92 Å². The predicted molar refractivity (Wildman–Crippen MR) is 94.4 cm³/mol. The van der Waals surface area contributed by atoms with E-state index in [9.17, 15) is 14.4 Å². The second-order valence-electron chi connectivity index (χ2n) is 5.94. The van der Waals surface area contributed by atoms with E-state index in [0.29, 0.717) is 24.1 Å². The molecule has 5 heteroatoms. The van der Waals surface area contributed by atoms with Crippen molar-refractivity contribution >= 4 is 17.7 Å². The van der Waals surface area contributed by atoms with Crippen LogP contribution in [0.5, 0.6) is 0 Å². The Morgan fingerprint density at radius 3 is 2.16 bits per heavy atom. The molecule has 0 heterocycles. The molecule has 130 valence electrons. The van der Waals surface area contributed by atoms with Gasteiger partial charge in [0, 0.05) is 24.1 Å². The third-order valence-electron chi connectivity index (χ3n) is 3.90. The summed E-state index contributed by atoms with van der Waals surface area (Å²) in [5, 5.41) is 11.5. The number of carboxylic acids is 1. The first-order valence-corrected chi connectivity index (χ1v) is 8.15. The van der Waals surface area contributed by atoms with Gasteiger partial charge < -0.3 is 10.4 Å². The summed E-state index contributed by atoms with van der Waals surface area (Å²) in [6.45, 7) is 1.93. The van der Waals surface area contributed by atoms with Crippen molar-refractivity contribution in [2.45, 2.75) is 19.8 Å². The number of carbonyl (C=O) groups is 3. The Morgan fingerprint density at radius 1 is 0.960 bits per heavy atom. The normalized spacial score (nSPS) is 11.6. The van der Waals surface area contributed by atoms with Crippen LogP contribution in [0.4, 0.5) is 0 Å². The highest BCUT2D eigenvalue weighted by atomic mass is 16.4.